The molecular weight excluding hydrogens is 268 g/mol. The number of nitrogens with two attached hydrogens (primary N) is 1. The first-order chi connectivity index (χ1) is 9.53. The number of carbonyl (C=O) groups excluding carboxylic acids is 1. The van der Waals surface area contributed by atoms with Gasteiger partial charge in [-0.05, 0) is 41.5 Å². The summed E-state index contributed by atoms with van der Waals surface area (Å²) in [4.78, 5) is 13.9. The van der Waals surface area contributed by atoms with Crippen molar-refractivity contribution < 1.29 is 9.53 Å². The van der Waals surface area contributed by atoms with Crippen LogP contribution >= 0.6 is 0 Å². The van der Waals surface area contributed by atoms with Gasteiger partial charge < -0.3 is 10.5 Å². The van der Waals surface area contributed by atoms with Crippen LogP contribution in [-0.4, -0.2) is 26.4 Å². The first-order valence-electron chi connectivity index (χ1n) is 7.31. The van der Waals surface area contributed by atoms with Crippen molar-refractivity contribution in [3.63, 3.8) is 0 Å². The number of fused-ring (bicyclic) bond motifs is 1. The van der Waals surface area contributed by atoms with Crippen LogP contribution in [0.4, 0.5) is 4.79 Å². The molecule has 0 radical (unpaired) electrons. The van der Waals surface area contributed by atoms with Crippen LogP contribution in [0.25, 0.3) is 0 Å². The van der Waals surface area contributed by atoms with Crippen LogP contribution in [-0.2, 0) is 29.9 Å². The van der Waals surface area contributed by atoms with Crippen molar-refractivity contribution in [2.45, 2.75) is 72.3 Å². The minimum atomic E-state index is -0.487. The SMILES string of the molecule is CC(C)(C)OC(=O)N1Cc2c(CN)nn(C(C)(C)C)c2C1. The number of carbonyl (C=O) groups is 1. The van der Waals surface area contributed by atoms with E-state index >= 15 is 0 Å². The maximum absolute atomic E-state index is 12.2. The lowest BCUT2D eigenvalue weighted by molar-refractivity contribution is 0.0236. The lowest BCUT2D eigenvalue weighted by Gasteiger charge is -2.26. The molecule has 2 rings (SSSR count). The Morgan fingerprint density at radius 1 is 1.24 bits per heavy atom. The van der Waals surface area contributed by atoms with E-state index in [1.807, 2.05) is 25.5 Å². The maximum Gasteiger partial charge on any atom is 0.410 e. The third-order valence-electron chi connectivity index (χ3n) is 3.34. The highest BCUT2D eigenvalue weighted by Gasteiger charge is 2.34. The zero-order valence-electron chi connectivity index (χ0n) is 13.9. The molecule has 0 atom stereocenters. The van der Waals surface area contributed by atoms with Gasteiger partial charge in [-0.25, -0.2) is 4.79 Å². The van der Waals surface area contributed by atoms with Crippen LogP contribution in [0, 0.1) is 0 Å². The summed E-state index contributed by atoms with van der Waals surface area (Å²) in [6.45, 7) is 13.3. The molecule has 21 heavy (non-hydrogen) atoms. The van der Waals surface area contributed by atoms with E-state index in [2.05, 4.69) is 25.9 Å². The summed E-state index contributed by atoms with van der Waals surface area (Å²) >= 11 is 0. The number of hydrogen-bond donors (Lipinski definition) is 1. The number of ether oxygens (including phenoxy) is 1. The van der Waals surface area contributed by atoms with E-state index in [1.54, 1.807) is 4.90 Å². The Morgan fingerprint density at radius 2 is 1.86 bits per heavy atom. The first kappa shape index (κ1) is 15.8. The molecule has 0 aromatic carbocycles. The lowest BCUT2D eigenvalue weighted by atomic mass is 10.1. The van der Waals surface area contributed by atoms with Gasteiger partial charge in [0.05, 0.1) is 30.0 Å². The average molecular weight is 294 g/mol. The molecule has 6 heteroatoms. The molecule has 2 N–H and O–H groups in total. The average Bonchev–Trinajstić information content (AvgIpc) is 2.82. The highest BCUT2D eigenvalue weighted by molar-refractivity contribution is 5.69. The molecule has 118 valence electrons. The van der Waals surface area contributed by atoms with Gasteiger partial charge in [0.1, 0.15) is 5.60 Å². The molecule has 6 nitrogen and oxygen atoms in total. The predicted octanol–water partition coefficient (Wildman–Crippen LogP) is 2.35. The molecule has 0 bridgehead atoms. The Balaban J connectivity index is 2.26. The first-order valence-corrected chi connectivity index (χ1v) is 7.31. The molecule has 0 saturated heterocycles. The Hall–Kier alpha value is -1.56. The van der Waals surface area contributed by atoms with Gasteiger partial charge in [-0.2, -0.15) is 5.10 Å². The summed E-state index contributed by atoms with van der Waals surface area (Å²) in [6, 6.07) is 0. The third kappa shape index (κ3) is 3.20. The zero-order chi connectivity index (χ0) is 16.0. The molecule has 2 heterocycles. The van der Waals surface area contributed by atoms with Crippen molar-refractivity contribution in [3.8, 4) is 0 Å². The second-order valence-corrected chi connectivity index (χ2v) is 7.50. The van der Waals surface area contributed by atoms with Gasteiger partial charge in [0, 0.05) is 12.1 Å². The highest BCUT2D eigenvalue weighted by atomic mass is 16.6. The number of nitrogens with zero attached hydrogens (tertiary/aromatic N) is 3. The number of rotatable bonds is 1. The number of hydrogen-bond acceptors (Lipinski definition) is 4. The van der Waals surface area contributed by atoms with Crippen LogP contribution in [0.3, 0.4) is 0 Å². The number of amides is 1. The quantitative estimate of drug-likeness (QED) is 0.863. The van der Waals surface area contributed by atoms with Crippen LogP contribution in [0.15, 0.2) is 0 Å². The molecule has 0 saturated carbocycles. The van der Waals surface area contributed by atoms with Crippen molar-refractivity contribution >= 4 is 6.09 Å². The molecule has 1 aliphatic rings. The molecule has 1 aromatic heterocycles. The van der Waals surface area contributed by atoms with Gasteiger partial charge in [0.2, 0.25) is 0 Å². The molecule has 0 aliphatic carbocycles. The van der Waals surface area contributed by atoms with E-state index < -0.39 is 5.60 Å². The van der Waals surface area contributed by atoms with E-state index in [-0.39, 0.29) is 11.6 Å². The summed E-state index contributed by atoms with van der Waals surface area (Å²) in [5.41, 5.74) is 8.17. The van der Waals surface area contributed by atoms with Crippen molar-refractivity contribution in [2.24, 2.45) is 5.73 Å². The largest absolute Gasteiger partial charge is 0.444 e. The van der Waals surface area contributed by atoms with E-state index in [9.17, 15) is 4.79 Å². The van der Waals surface area contributed by atoms with Gasteiger partial charge in [-0.15, -0.1) is 0 Å². The van der Waals surface area contributed by atoms with Gasteiger partial charge in [-0.3, -0.25) is 9.58 Å². The fourth-order valence-corrected chi connectivity index (χ4v) is 2.48. The van der Waals surface area contributed by atoms with Crippen molar-refractivity contribution in [3.05, 3.63) is 17.0 Å². The smallest absolute Gasteiger partial charge is 0.410 e. The third-order valence-corrected chi connectivity index (χ3v) is 3.34. The molecule has 0 spiro atoms. The number of aromatic nitrogens is 2. The normalized spacial score (nSPS) is 15.3. The second kappa shape index (κ2) is 5.02. The Labute approximate surface area is 126 Å². The molecule has 1 amide bonds. The Bertz CT molecular complexity index is 549. The van der Waals surface area contributed by atoms with E-state index in [4.69, 9.17) is 10.5 Å². The summed E-state index contributed by atoms with van der Waals surface area (Å²) in [5.74, 6) is 0. The molecule has 1 aliphatic heterocycles. The summed E-state index contributed by atoms with van der Waals surface area (Å²) in [6.07, 6.45) is -0.290. The highest BCUT2D eigenvalue weighted by Crippen LogP contribution is 2.30. The second-order valence-electron chi connectivity index (χ2n) is 7.50. The molecular formula is C15H26N4O2. The Kier molecular flexibility index (Phi) is 3.78. The predicted molar refractivity (Wildman–Crippen MR) is 80.6 cm³/mol. The minimum absolute atomic E-state index is 0.137. The fraction of sp³-hybridized carbons (Fsp3) is 0.733. The Morgan fingerprint density at radius 3 is 2.33 bits per heavy atom. The fourth-order valence-electron chi connectivity index (χ4n) is 2.48. The van der Waals surface area contributed by atoms with Gasteiger partial charge in [0.25, 0.3) is 0 Å². The summed E-state index contributed by atoms with van der Waals surface area (Å²) in [7, 11) is 0. The van der Waals surface area contributed by atoms with E-state index in [0.29, 0.717) is 19.6 Å². The van der Waals surface area contributed by atoms with Gasteiger partial charge in [-0.1, -0.05) is 0 Å². The van der Waals surface area contributed by atoms with Crippen LogP contribution in [0.5, 0.6) is 0 Å². The summed E-state index contributed by atoms with van der Waals surface area (Å²) in [5, 5.41) is 4.60. The topological polar surface area (TPSA) is 73.4 Å². The molecule has 0 unspecified atom stereocenters. The van der Waals surface area contributed by atoms with Crippen molar-refractivity contribution in [1.29, 1.82) is 0 Å². The lowest BCUT2D eigenvalue weighted by Crippen LogP contribution is -2.34. The summed E-state index contributed by atoms with van der Waals surface area (Å²) < 4.78 is 7.43. The maximum atomic E-state index is 12.2. The van der Waals surface area contributed by atoms with Gasteiger partial charge in [0.15, 0.2) is 0 Å². The zero-order valence-corrected chi connectivity index (χ0v) is 13.9. The molecule has 0 fully saturated rings. The minimum Gasteiger partial charge on any atom is -0.444 e. The molecule has 1 aromatic rings. The van der Waals surface area contributed by atoms with E-state index in [1.165, 1.54) is 0 Å². The van der Waals surface area contributed by atoms with Crippen LogP contribution < -0.4 is 5.73 Å². The van der Waals surface area contributed by atoms with Crippen LogP contribution in [0.2, 0.25) is 0 Å². The van der Waals surface area contributed by atoms with Crippen molar-refractivity contribution in [2.75, 3.05) is 0 Å². The van der Waals surface area contributed by atoms with Crippen molar-refractivity contribution in [1.82, 2.24) is 14.7 Å². The monoisotopic (exact) mass is 294 g/mol. The van der Waals surface area contributed by atoms with Crippen LogP contribution in [0.1, 0.15) is 58.5 Å². The van der Waals surface area contributed by atoms with Gasteiger partial charge >= 0.3 is 6.09 Å². The standard InChI is InChI=1S/C15H26N4O2/c1-14(2,3)19-12-9-18(13(20)21-15(4,5)6)8-10(12)11(7-16)17-19/h7-9,16H2,1-6H3. The van der Waals surface area contributed by atoms with E-state index in [0.717, 1.165) is 17.0 Å².